The number of hydrogen-bond acceptors (Lipinski definition) is 3. The van der Waals surface area contributed by atoms with Crippen LogP contribution >= 0.6 is 11.6 Å². The van der Waals surface area contributed by atoms with E-state index in [0.717, 1.165) is 16.9 Å². The van der Waals surface area contributed by atoms with E-state index in [1.807, 2.05) is 45.0 Å². The fourth-order valence-electron chi connectivity index (χ4n) is 2.38. The molecule has 5 heteroatoms. The van der Waals surface area contributed by atoms with Crippen molar-refractivity contribution in [1.29, 1.82) is 0 Å². The zero-order valence-electron chi connectivity index (χ0n) is 14.4. The average molecular weight is 355 g/mol. The Morgan fingerprint density at radius 1 is 1.12 bits per heavy atom. The van der Waals surface area contributed by atoms with E-state index < -0.39 is 5.97 Å². The smallest absolute Gasteiger partial charge is 0.346 e. The maximum atomic E-state index is 12.5. The molecule has 0 fully saturated rings. The molecule has 0 unspecified atom stereocenters. The van der Waals surface area contributed by atoms with Gasteiger partial charge in [0.2, 0.25) is 5.88 Å². The number of benzene rings is 2. The van der Waals surface area contributed by atoms with Crippen LogP contribution in [0.1, 0.15) is 41.4 Å². The molecule has 128 valence electrons. The summed E-state index contributed by atoms with van der Waals surface area (Å²) in [5, 5.41) is 4.94. The van der Waals surface area contributed by atoms with Crippen LogP contribution in [0.15, 0.2) is 54.6 Å². The van der Waals surface area contributed by atoms with Crippen LogP contribution in [0.3, 0.4) is 0 Å². The van der Waals surface area contributed by atoms with Gasteiger partial charge in [-0.3, -0.25) is 0 Å². The minimum atomic E-state index is -0.505. The Morgan fingerprint density at radius 2 is 1.80 bits per heavy atom. The Labute approximate surface area is 152 Å². The Hall–Kier alpha value is -2.59. The second-order valence-electron chi connectivity index (χ2n) is 6.18. The first kappa shape index (κ1) is 17.2. The van der Waals surface area contributed by atoms with E-state index in [1.165, 1.54) is 0 Å². The van der Waals surface area contributed by atoms with Gasteiger partial charge < -0.3 is 4.74 Å². The lowest BCUT2D eigenvalue weighted by Gasteiger charge is -2.09. The summed E-state index contributed by atoms with van der Waals surface area (Å²) in [5.74, 6) is 0.0797. The molecule has 0 bridgehead atoms. The number of esters is 1. The monoisotopic (exact) mass is 354 g/mol. The summed E-state index contributed by atoms with van der Waals surface area (Å²) in [4.78, 5) is 12.5. The van der Waals surface area contributed by atoms with Crippen molar-refractivity contribution in [3.8, 4) is 11.6 Å². The van der Waals surface area contributed by atoms with Crippen molar-refractivity contribution >= 4 is 17.6 Å². The lowest BCUT2D eigenvalue weighted by atomic mass is 10.1. The van der Waals surface area contributed by atoms with Crippen molar-refractivity contribution in [1.82, 2.24) is 9.78 Å². The minimum Gasteiger partial charge on any atom is -0.404 e. The van der Waals surface area contributed by atoms with Crippen molar-refractivity contribution in [3.05, 3.63) is 76.4 Å². The summed E-state index contributed by atoms with van der Waals surface area (Å²) in [6.07, 6.45) is 0. The molecule has 2 aromatic carbocycles. The van der Waals surface area contributed by atoms with Crippen LogP contribution in [-0.4, -0.2) is 15.7 Å². The molecule has 0 atom stereocenters. The summed E-state index contributed by atoms with van der Waals surface area (Å²) >= 11 is 6.09. The molecule has 0 radical (unpaired) electrons. The predicted molar refractivity (Wildman–Crippen MR) is 98.8 cm³/mol. The summed E-state index contributed by atoms with van der Waals surface area (Å²) in [6.45, 7) is 6.10. The van der Waals surface area contributed by atoms with E-state index in [1.54, 1.807) is 35.0 Å². The molecule has 0 amide bonds. The predicted octanol–water partition coefficient (Wildman–Crippen LogP) is 5.18. The largest absolute Gasteiger partial charge is 0.404 e. The van der Waals surface area contributed by atoms with Crippen LogP contribution in [0.25, 0.3) is 5.69 Å². The maximum Gasteiger partial charge on any atom is 0.346 e. The lowest BCUT2D eigenvalue weighted by molar-refractivity contribution is 0.0723. The van der Waals surface area contributed by atoms with Crippen molar-refractivity contribution in [2.45, 2.75) is 26.7 Å². The minimum absolute atomic E-state index is 0.212. The van der Waals surface area contributed by atoms with Gasteiger partial charge in [0.05, 0.1) is 22.0 Å². The third-order valence-electron chi connectivity index (χ3n) is 3.86. The molecule has 1 heterocycles. The van der Waals surface area contributed by atoms with Crippen molar-refractivity contribution in [2.24, 2.45) is 0 Å². The van der Waals surface area contributed by atoms with Crippen LogP contribution < -0.4 is 4.74 Å². The molecule has 0 saturated heterocycles. The molecule has 0 aliphatic carbocycles. The molecule has 0 aliphatic heterocycles. The molecule has 0 spiro atoms. The van der Waals surface area contributed by atoms with Gasteiger partial charge in [0.25, 0.3) is 0 Å². The maximum absolute atomic E-state index is 12.5. The second-order valence-corrected chi connectivity index (χ2v) is 6.59. The number of hydrogen-bond donors (Lipinski definition) is 0. The lowest BCUT2D eigenvalue weighted by Crippen LogP contribution is -2.12. The van der Waals surface area contributed by atoms with Crippen molar-refractivity contribution in [2.75, 3.05) is 0 Å². The van der Waals surface area contributed by atoms with Gasteiger partial charge >= 0.3 is 5.97 Å². The number of halogens is 1. The van der Waals surface area contributed by atoms with E-state index in [-0.39, 0.29) is 5.92 Å². The molecule has 0 aliphatic rings. The van der Waals surface area contributed by atoms with Gasteiger partial charge in [-0.25, -0.2) is 9.48 Å². The number of nitrogens with zero attached hydrogens (tertiary/aromatic N) is 2. The Balaban J connectivity index is 1.99. The van der Waals surface area contributed by atoms with Gasteiger partial charge in [0.1, 0.15) is 0 Å². The van der Waals surface area contributed by atoms with E-state index in [0.29, 0.717) is 16.5 Å². The molecule has 3 rings (SSSR count). The zero-order valence-corrected chi connectivity index (χ0v) is 15.1. The fraction of sp³-hybridized carbons (Fsp3) is 0.200. The highest BCUT2D eigenvalue weighted by molar-refractivity contribution is 6.33. The number of carbonyl (C=O) groups is 1. The van der Waals surface area contributed by atoms with Gasteiger partial charge in [-0.2, -0.15) is 5.10 Å². The van der Waals surface area contributed by atoms with Gasteiger partial charge in [0.15, 0.2) is 0 Å². The van der Waals surface area contributed by atoms with Crippen LogP contribution in [0, 0.1) is 6.92 Å². The highest BCUT2D eigenvalue weighted by atomic mass is 35.5. The number of carbonyl (C=O) groups excluding carboxylic acids is 1. The number of aryl methyl sites for hydroxylation is 1. The molecule has 0 N–H and O–H groups in total. The van der Waals surface area contributed by atoms with E-state index in [2.05, 4.69) is 5.10 Å². The molecule has 1 aromatic heterocycles. The Morgan fingerprint density at radius 3 is 2.44 bits per heavy atom. The van der Waals surface area contributed by atoms with Gasteiger partial charge in [-0.05, 0) is 37.1 Å². The quantitative estimate of drug-likeness (QED) is 0.606. The SMILES string of the molecule is Cc1ccc(-n2nc(C(C)C)cc2OC(=O)c2ccccc2Cl)cc1. The summed E-state index contributed by atoms with van der Waals surface area (Å²) in [6, 6.07) is 16.5. The highest BCUT2D eigenvalue weighted by Crippen LogP contribution is 2.26. The fourth-order valence-corrected chi connectivity index (χ4v) is 2.60. The van der Waals surface area contributed by atoms with Gasteiger partial charge in [-0.15, -0.1) is 0 Å². The first-order valence-corrected chi connectivity index (χ1v) is 8.47. The van der Waals surface area contributed by atoms with E-state index >= 15 is 0 Å². The average Bonchev–Trinajstić information content (AvgIpc) is 3.00. The van der Waals surface area contributed by atoms with Crippen LogP contribution in [0.4, 0.5) is 0 Å². The number of aromatic nitrogens is 2. The Bertz CT molecular complexity index is 898. The molecule has 3 aromatic rings. The Kier molecular flexibility index (Phi) is 4.91. The number of rotatable bonds is 4. The molecule has 25 heavy (non-hydrogen) atoms. The highest BCUT2D eigenvalue weighted by Gasteiger charge is 2.18. The summed E-state index contributed by atoms with van der Waals surface area (Å²) < 4.78 is 7.25. The third-order valence-corrected chi connectivity index (χ3v) is 4.19. The van der Waals surface area contributed by atoms with Gasteiger partial charge in [-0.1, -0.05) is 55.3 Å². The normalized spacial score (nSPS) is 10.9. The van der Waals surface area contributed by atoms with Crippen molar-refractivity contribution < 1.29 is 9.53 Å². The van der Waals surface area contributed by atoms with Crippen molar-refractivity contribution in [3.63, 3.8) is 0 Å². The standard InChI is InChI=1S/C20H19ClN2O2/c1-13(2)18-12-19(23(22-18)15-10-8-14(3)9-11-15)25-20(24)16-6-4-5-7-17(16)21/h4-13H,1-3H3. The third kappa shape index (κ3) is 3.74. The summed E-state index contributed by atoms with van der Waals surface area (Å²) in [5.41, 5.74) is 3.16. The molecular formula is C20H19ClN2O2. The van der Waals surface area contributed by atoms with Crippen LogP contribution in [-0.2, 0) is 0 Å². The summed E-state index contributed by atoms with van der Waals surface area (Å²) in [7, 11) is 0. The van der Waals surface area contributed by atoms with E-state index in [4.69, 9.17) is 16.3 Å². The second kappa shape index (κ2) is 7.11. The zero-order chi connectivity index (χ0) is 18.0. The topological polar surface area (TPSA) is 44.1 Å². The van der Waals surface area contributed by atoms with Gasteiger partial charge in [0, 0.05) is 6.07 Å². The van der Waals surface area contributed by atoms with E-state index in [9.17, 15) is 4.79 Å². The first-order chi connectivity index (χ1) is 12.0. The molecule has 4 nitrogen and oxygen atoms in total. The van der Waals surface area contributed by atoms with Crippen LogP contribution in [0.5, 0.6) is 5.88 Å². The van der Waals surface area contributed by atoms with Crippen LogP contribution in [0.2, 0.25) is 5.02 Å². The first-order valence-electron chi connectivity index (χ1n) is 8.09. The number of ether oxygens (including phenoxy) is 1. The molecule has 0 saturated carbocycles. The molecular weight excluding hydrogens is 336 g/mol.